The highest BCUT2D eigenvalue weighted by Gasteiger charge is 2.41. The van der Waals surface area contributed by atoms with E-state index in [-0.39, 0.29) is 17.5 Å². The smallest absolute Gasteiger partial charge is 0.262 e. The fraction of sp³-hybridized carbons (Fsp3) is 0.357. The predicted octanol–water partition coefficient (Wildman–Crippen LogP) is 0.532. The van der Waals surface area contributed by atoms with Gasteiger partial charge in [-0.05, 0) is 38.0 Å². The van der Waals surface area contributed by atoms with Crippen molar-refractivity contribution in [2.45, 2.75) is 31.8 Å². The average Bonchev–Trinajstić information content (AvgIpc) is 3.18. The van der Waals surface area contributed by atoms with E-state index in [2.05, 4.69) is 5.32 Å². The molecule has 1 aromatic rings. The number of benzene rings is 1. The lowest BCUT2D eigenvalue weighted by Gasteiger charge is -2.21. The van der Waals surface area contributed by atoms with Crippen LogP contribution >= 0.6 is 0 Å². The highest BCUT2D eigenvalue weighted by molar-refractivity contribution is 6.23. The maximum atomic E-state index is 12.3. The Morgan fingerprint density at radius 1 is 1.30 bits per heavy atom. The highest BCUT2D eigenvalue weighted by atomic mass is 16.2. The second-order valence-corrected chi connectivity index (χ2v) is 5.24. The van der Waals surface area contributed by atoms with Gasteiger partial charge < -0.3 is 11.1 Å². The van der Waals surface area contributed by atoms with Gasteiger partial charge in [0.1, 0.15) is 6.04 Å². The van der Waals surface area contributed by atoms with Crippen LogP contribution in [0.4, 0.5) is 5.69 Å². The molecule has 2 aliphatic rings. The fourth-order valence-electron chi connectivity index (χ4n) is 2.30. The maximum Gasteiger partial charge on any atom is 0.262 e. The van der Waals surface area contributed by atoms with E-state index in [1.165, 1.54) is 12.1 Å². The van der Waals surface area contributed by atoms with Gasteiger partial charge in [0, 0.05) is 11.7 Å². The van der Waals surface area contributed by atoms with E-state index in [9.17, 15) is 14.4 Å². The molecule has 1 saturated carbocycles. The lowest BCUT2D eigenvalue weighted by atomic mass is 10.1. The minimum absolute atomic E-state index is 0.191. The SMILES string of the molecule is CC(C(=O)NC1CC1)N1C(=O)c2ccc(N)cc2C1=O. The van der Waals surface area contributed by atoms with Gasteiger partial charge in [-0.15, -0.1) is 0 Å². The Hall–Kier alpha value is -2.37. The number of carbonyl (C=O) groups is 3. The summed E-state index contributed by atoms with van der Waals surface area (Å²) in [5.74, 6) is -1.20. The molecule has 1 aliphatic carbocycles. The van der Waals surface area contributed by atoms with Gasteiger partial charge in [0.15, 0.2) is 0 Å². The normalized spacial score (nSPS) is 18.9. The number of nitrogen functional groups attached to an aromatic ring is 1. The van der Waals surface area contributed by atoms with Crippen molar-refractivity contribution in [2.24, 2.45) is 0 Å². The lowest BCUT2D eigenvalue weighted by Crippen LogP contribution is -2.48. The third-order valence-electron chi connectivity index (χ3n) is 3.63. The second-order valence-electron chi connectivity index (χ2n) is 5.24. The Bertz CT molecular complexity index is 622. The lowest BCUT2D eigenvalue weighted by molar-refractivity contribution is -0.124. The Balaban J connectivity index is 1.86. The number of carbonyl (C=O) groups excluding carboxylic acids is 3. The van der Waals surface area contributed by atoms with Gasteiger partial charge in [-0.25, -0.2) is 0 Å². The molecule has 3 rings (SSSR count). The molecule has 3 amide bonds. The predicted molar refractivity (Wildman–Crippen MR) is 72.0 cm³/mol. The number of hydrogen-bond donors (Lipinski definition) is 2. The van der Waals surface area contributed by atoms with Gasteiger partial charge in [-0.1, -0.05) is 0 Å². The van der Waals surface area contributed by atoms with Crippen molar-refractivity contribution in [1.82, 2.24) is 10.2 Å². The summed E-state index contributed by atoms with van der Waals surface area (Å²) in [5.41, 5.74) is 6.62. The van der Waals surface area contributed by atoms with E-state index >= 15 is 0 Å². The van der Waals surface area contributed by atoms with E-state index in [4.69, 9.17) is 5.73 Å². The van der Waals surface area contributed by atoms with Crippen LogP contribution in [0.2, 0.25) is 0 Å². The van der Waals surface area contributed by atoms with Crippen molar-refractivity contribution in [2.75, 3.05) is 5.73 Å². The molecule has 0 saturated heterocycles. The summed E-state index contributed by atoms with van der Waals surface area (Å²) in [6.07, 6.45) is 1.91. The van der Waals surface area contributed by atoms with Crippen LogP contribution in [0, 0.1) is 0 Å². The van der Waals surface area contributed by atoms with E-state index < -0.39 is 17.9 Å². The zero-order valence-corrected chi connectivity index (χ0v) is 11.1. The molecule has 0 spiro atoms. The summed E-state index contributed by atoms with van der Waals surface area (Å²) in [6.45, 7) is 1.56. The number of anilines is 1. The third-order valence-corrected chi connectivity index (χ3v) is 3.63. The Kier molecular flexibility index (Phi) is 2.74. The van der Waals surface area contributed by atoms with E-state index in [0.717, 1.165) is 17.7 Å². The van der Waals surface area contributed by atoms with Gasteiger partial charge in [0.05, 0.1) is 11.1 Å². The number of nitrogens with two attached hydrogens (primary N) is 1. The number of nitrogens with zero attached hydrogens (tertiary/aromatic N) is 1. The molecule has 0 aromatic heterocycles. The standard InChI is InChI=1S/C14H15N3O3/c1-7(12(18)16-9-3-4-9)17-13(19)10-5-2-8(15)6-11(10)14(17)20/h2,5-7,9H,3-4,15H2,1H3,(H,16,18). The van der Waals surface area contributed by atoms with Crippen molar-refractivity contribution >= 4 is 23.4 Å². The molecular weight excluding hydrogens is 258 g/mol. The molecule has 6 nitrogen and oxygen atoms in total. The first kappa shape index (κ1) is 12.7. The molecule has 1 aliphatic heterocycles. The van der Waals surface area contributed by atoms with Gasteiger partial charge in [0.25, 0.3) is 11.8 Å². The number of amides is 3. The van der Waals surface area contributed by atoms with Crippen LogP contribution in [0.5, 0.6) is 0 Å². The summed E-state index contributed by atoms with van der Waals surface area (Å²) in [6, 6.07) is 3.94. The highest BCUT2D eigenvalue weighted by Crippen LogP contribution is 2.27. The molecule has 1 aromatic carbocycles. The topological polar surface area (TPSA) is 92.5 Å². The summed E-state index contributed by atoms with van der Waals surface area (Å²) >= 11 is 0. The quantitative estimate of drug-likeness (QED) is 0.620. The number of imide groups is 1. The summed E-state index contributed by atoms with van der Waals surface area (Å²) in [4.78, 5) is 37.5. The number of hydrogen-bond acceptors (Lipinski definition) is 4. The van der Waals surface area contributed by atoms with Gasteiger partial charge >= 0.3 is 0 Å². The van der Waals surface area contributed by atoms with Crippen LogP contribution in [0.25, 0.3) is 0 Å². The molecule has 1 fully saturated rings. The number of fused-ring (bicyclic) bond motifs is 1. The number of nitrogens with one attached hydrogen (secondary N) is 1. The summed E-state index contributed by atoms with van der Waals surface area (Å²) < 4.78 is 0. The van der Waals surface area contributed by atoms with Gasteiger partial charge in [0.2, 0.25) is 5.91 Å². The average molecular weight is 273 g/mol. The fourth-order valence-corrected chi connectivity index (χ4v) is 2.30. The van der Waals surface area contributed by atoms with Gasteiger partial charge in [-0.3, -0.25) is 19.3 Å². The first-order valence-electron chi connectivity index (χ1n) is 6.57. The van der Waals surface area contributed by atoms with Crippen molar-refractivity contribution in [3.63, 3.8) is 0 Å². The monoisotopic (exact) mass is 273 g/mol. The van der Waals surface area contributed by atoms with Crippen molar-refractivity contribution in [3.05, 3.63) is 29.3 Å². The molecule has 104 valence electrons. The van der Waals surface area contributed by atoms with Crippen molar-refractivity contribution < 1.29 is 14.4 Å². The molecular formula is C14H15N3O3. The first-order valence-corrected chi connectivity index (χ1v) is 6.57. The van der Waals surface area contributed by atoms with Crippen LogP contribution < -0.4 is 11.1 Å². The minimum Gasteiger partial charge on any atom is -0.399 e. The molecule has 3 N–H and O–H groups in total. The molecule has 1 atom stereocenters. The van der Waals surface area contributed by atoms with Crippen LogP contribution in [-0.4, -0.2) is 34.7 Å². The largest absolute Gasteiger partial charge is 0.399 e. The van der Waals surface area contributed by atoms with E-state index in [1.54, 1.807) is 13.0 Å². The van der Waals surface area contributed by atoms with Crippen LogP contribution in [0.15, 0.2) is 18.2 Å². The second kappa shape index (κ2) is 4.33. The van der Waals surface area contributed by atoms with Gasteiger partial charge in [-0.2, -0.15) is 0 Å². The Labute approximate surface area is 115 Å². The Morgan fingerprint density at radius 2 is 1.95 bits per heavy atom. The molecule has 0 radical (unpaired) electrons. The minimum atomic E-state index is -0.816. The zero-order chi connectivity index (χ0) is 14.4. The van der Waals surface area contributed by atoms with Crippen LogP contribution in [-0.2, 0) is 4.79 Å². The summed E-state index contributed by atoms with van der Waals surface area (Å²) in [7, 11) is 0. The molecule has 6 heteroatoms. The van der Waals surface area contributed by atoms with Crippen molar-refractivity contribution in [3.8, 4) is 0 Å². The van der Waals surface area contributed by atoms with Crippen LogP contribution in [0.1, 0.15) is 40.5 Å². The van der Waals surface area contributed by atoms with E-state index in [0.29, 0.717) is 11.3 Å². The van der Waals surface area contributed by atoms with Crippen LogP contribution in [0.3, 0.4) is 0 Å². The summed E-state index contributed by atoms with van der Waals surface area (Å²) in [5, 5.41) is 2.80. The molecule has 1 heterocycles. The molecule has 0 bridgehead atoms. The third kappa shape index (κ3) is 1.93. The maximum absolute atomic E-state index is 12.3. The van der Waals surface area contributed by atoms with Crippen molar-refractivity contribution in [1.29, 1.82) is 0 Å². The molecule has 1 unspecified atom stereocenters. The zero-order valence-electron chi connectivity index (χ0n) is 11.1. The first-order chi connectivity index (χ1) is 9.49. The molecule has 20 heavy (non-hydrogen) atoms. The number of rotatable bonds is 3. The van der Waals surface area contributed by atoms with E-state index in [1.807, 2.05) is 0 Å². The Morgan fingerprint density at radius 3 is 2.60 bits per heavy atom.